The Kier molecular flexibility index (Phi) is 5.37. The molecule has 2 heterocycles. The lowest BCUT2D eigenvalue weighted by molar-refractivity contribution is -0.150. The van der Waals surface area contributed by atoms with Crippen LogP contribution in [-0.4, -0.2) is 34.5 Å². The maximum absolute atomic E-state index is 13.2. The average molecular weight is 356 g/mol. The first-order valence-corrected chi connectivity index (χ1v) is 8.91. The fourth-order valence-corrected chi connectivity index (χ4v) is 3.33. The van der Waals surface area contributed by atoms with Crippen molar-refractivity contribution in [2.24, 2.45) is 5.92 Å². The molecule has 1 fully saturated rings. The second-order valence-corrected chi connectivity index (χ2v) is 7.78. The summed E-state index contributed by atoms with van der Waals surface area (Å²) < 4.78 is 18.8. The lowest BCUT2D eigenvalue weighted by atomic mass is 9.92. The molecule has 3 rings (SSSR count). The molecule has 0 N–H and O–H groups in total. The van der Waals surface area contributed by atoms with E-state index in [9.17, 15) is 9.18 Å². The number of benzene rings is 1. The van der Waals surface area contributed by atoms with Crippen molar-refractivity contribution in [2.45, 2.75) is 38.8 Å². The molecule has 1 aliphatic rings. The molecular formula is C21H25FN2O2. The fraction of sp³-hybridized carbons (Fsp3) is 0.429. The Balaban J connectivity index is 1.76. The maximum atomic E-state index is 13.2. The van der Waals surface area contributed by atoms with E-state index in [2.05, 4.69) is 30.7 Å². The summed E-state index contributed by atoms with van der Waals surface area (Å²) in [5.41, 5.74) is 1.63. The summed E-state index contributed by atoms with van der Waals surface area (Å²) in [5, 5.41) is 0. The van der Waals surface area contributed by atoms with E-state index in [0.717, 1.165) is 11.3 Å². The monoisotopic (exact) mass is 356 g/mol. The summed E-state index contributed by atoms with van der Waals surface area (Å²) in [5.74, 6) is -1.01. The third-order valence-electron chi connectivity index (χ3n) is 4.93. The number of carbonyl (C=O) groups is 1. The number of nitrogens with zero attached hydrogens (tertiary/aromatic N) is 2. The van der Waals surface area contributed by atoms with Gasteiger partial charge in [0.25, 0.3) is 0 Å². The van der Waals surface area contributed by atoms with Gasteiger partial charge in [0.1, 0.15) is 12.4 Å². The number of rotatable bonds is 4. The third-order valence-corrected chi connectivity index (χ3v) is 4.93. The Hall–Kier alpha value is -2.27. The highest BCUT2D eigenvalue weighted by Crippen LogP contribution is 2.36. The van der Waals surface area contributed by atoms with E-state index in [4.69, 9.17) is 4.74 Å². The first-order chi connectivity index (χ1) is 12.3. The molecule has 138 valence electrons. The largest absolute Gasteiger partial charge is 0.461 e. The zero-order valence-electron chi connectivity index (χ0n) is 15.5. The van der Waals surface area contributed by atoms with Crippen molar-refractivity contribution in [1.29, 1.82) is 0 Å². The molecule has 4 nitrogen and oxygen atoms in total. The molecule has 1 aromatic carbocycles. The molecular weight excluding hydrogens is 331 g/mol. The van der Waals surface area contributed by atoms with Gasteiger partial charge in [-0.2, -0.15) is 0 Å². The lowest BCUT2D eigenvalue weighted by Gasteiger charge is -2.31. The van der Waals surface area contributed by atoms with Crippen molar-refractivity contribution >= 4 is 5.97 Å². The standard InChI is InChI=1S/C21H25FN2O2/c1-21(2,3)24-12-17(19-10-9-16(22)11-23-19)18(13-24)20(25)26-14-15-7-5-4-6-8-15/h4-11,17-18H,12-14H2,1-3H3/t17-,18-/m0/s1. The highest BCUT2D eigenvalue weighted by Gasteiger charge is 2.43. The molecule has 0 radical (unpaired) electrons. The first kappa shape index (κ1) is 18.5. The second kappa shape index (κ2) is 7.54. The molecule has 1 aliphatic heterocycles. The molecule has 2 atom stereocenters. The van der Waals surface area contributed by atoms with Crippen molar-refractivity contribution in [3.63, 3.8) is 0 Å². The van der Waals surface area contributed by atoms with Crippen LogP contribution in [0.4, 0.5) is 4.39 Å². The van der Waals surface area contributed by atoms with Gasteiger partial charge in [0, 0.05) is 30.2 Å². The molecule has 0 spiro atoms. The van der Waals surface area contributed by atoms with E-state index >= 15 is 0 Å². The molecule has 0 saturated carbocycles. The predicted molar refractivity (Wildman–Crippen MR) is 98.0 cm³/mol. The Morgan fingerprint density at radius 2 is 1.92 bits per heavy atom. The molecule has 0 aliphatic carbocycles. The molecule has 0 bridgehead atoms. The summed E-state index contributed by atoms with van der Waals surface area (Å²) in [6, 6.07) is 12.7. The van der Waals surface area contributed by atoms with Gasteiger partial charge in [0.15, 0.2) is 0 Å². The summed E-state index contributed by atoms with van der Waals surface area (Å²) in [7, 11) is 0. The molecule has 2 aromatic rings. The number of esters is 1. The van der Waals surface area contributed by atoms with Crippen LogP contribution in [0.2, 0.25) is 0 Å². The Morgan fingerprint density at radius 1 is 1.19 bits per heavy atom. The van der Waals surface area contributed by atoms with Crippen LogP contribution in [0.1, 0.15) is 37.9 Å². The number of likely N-dealkylation sites (tertiary alicyclic amines) is 1. The molecule has 1 aromatic heterocycles. The van der Waals surface area contributed by atoms with Gasteiger partial charge >= 0.3 is 5.97 Å². The minimum atomic E-state index is -0.373. The van der Waals surface area contributed by atoms with E-state index in [1.165, 1.54) is 12.3 Å². The van der Waals surface area contributed by atoms with E-state index in [0.29, 0.717) is 13.1 Å². The van der Waals surface area contributed by atoms with Crippen molar-refractivity contribution in [2.75, 3.05) is 13.1 Å². The summed E-state index contributed by atoms with van der Waals surface area (Å²) in [6.07, 6.45) is 1.21. The Morgan fingerprint density at radius 3 is 2.54 bits per heavy atom. The van der Waals surface area contributed by atoms with E-state index in [1.54, 1.807) is 6.07 Å². The average Bonchev–Trinajstić information content (AvgIpc) is 3.07. The highest BCUT2D eigenvalue weighted by molar-refractivity contribution is 5.74. The topological polar surface area (TPSA) is 42.4 Å². The van der Waals surface area contributed by atoms with Crippen LogP contribution in [0.5, 0.6) is 0 Å². The van der Waals surface area contributed by atoms with Gasteiger partial charge in [-0.05, 0) is 38.5 Å². The van der Waals surface area contributed by atoms with Crippen LogP contribution in [0.25, 0.3) is 0 Å². The van der Waals surface area contributed by atoms with Crippen LogP contribution in [-0.2, 0) is 16.1 Å². The van der Waals surface area contributed by atoms with Crippen LogP contribution >= 0.6 is 0 Å². The summed E-state index contributed by atoms with van der Waals surface area (Å²) >= 11 is 0. The number of pyridine rings is 1. The Bertz CT molecular complexity index is 741. The van der Waals surface area contributed by atoms with Gasteiger partial charge in [-0.3, -0.25) is 14.7 Å². The SMILES string of the molecule is CC(C)(C)N1C[C@H](C(=O)OCc2ccccc2)[C@@H](c2ccc(F)cn2)C1. The fourth-order valence-electron chi connectivity index (χ4n) is 3.33. The first-order valence-electron chi connectivity index (χ1n) is 8.91. The lowest BCUT2D eigenvalue weighted by Crippen LogP contribution is -2.40. The van der Waals surface area contributed by atoms with E-state index in [1.807, 2.05) is 30.3 Å². The van der Waals surface area contributed by atoms with Crippen LogP contribution in [0.3, 0.4) is 0 Å². The number of carbonyl (C=O) groups excluding carboxylic acids is 1. The normalized spacial score (nSPS) is 20.9. The molecule has 0 amide bonds. The van der Waals surface area contributed by atoms with Gasteiger partial charge < -0.3 is 4.74 Å². The van der Waals surface area contributed by atoms with Crippen molar-refractivity contribution in [3.8, 4) is 0 Å². The van der Waals surface area contributed by atoms with Crippen LogP contribution < -0.4 is 0 Å². The van der Waals surface area contributed by atoms with Crippen molar-refractivity contribution in [1.82, 2.24) is 9.88 Å². The van der Waals surface area contributed by atoms with Gasteiger partial charge in [-0.15, -0.1) is 0 Å². The molecule has 0 unspecified atom stereocenters. The van der Waals surface area contributed by atoms with E-state index in [-0.39, 0.29) is 35.8 Å². The number of ether oxygens (including phenoxy) is 1. The zero-order chi connectivity index (χ0) is 18.7. The zero-order valence-corrected chi connectivity index (χ0v) is 15.5. The number of halogens is 1. The van der Waals surface area contributed by atoms with Gasteiger partial charge in [-0.1, -0.05) is 30.3 Å². The quantitative estimate of drug-likeness (QED) is 0.782. The molecule has 5 heteroatoms. The van der Waals surface area contributed by atoms with Gasteiger partial charge in [0.2, 0.25) is 0 Å². The third kappa shape index (κ3) is 4.28. The second-order valence-electron chi connectivity index (χ2n) is 7.78. The Labute approximate surface area is 154 Å². The molecule has 1 saturated heterocycles. The van der Waals surface area contributed by atoms with Gasteiger partial charge in [0.05, 0.1) is 12.1 Å². The predicted octanol–water partition coefficient (Wildman–Crippen LogP) is 3.78. The number of hydrogen-bond donors (Lipinski definition) is 0. The summed E-state index contributed by atoms with van der Waals surface area (Å²) in [4.78, 5) is 19.3. The van der Waals surface area contributed by atoms with Crippen molar-refractivity contribution in [3.05, 3.63) is 65.7 Å². The van der Waals surface area contributed by atoms with Crippen molar-refractivity contribution < 1.29 is 13.9 Å². The number of aromatic nitrogens is 1. The van der Waals surface area contributed by atoms with Crippen LogP contribution in [0.15, 0.2) is 48.7 Å². The van der Waals surface area contributed by atoms with Crippen LogP contribution in [0, 0.1) is 11.7 Å². The van der Waals surface area contributed by atoms with Gasteiger partial charge in [-0.25, -0.2) is 4.39 Å². The molecule has 26 heavy (non-hydrogen) atoms. The minimum absolute atomic E-state index is 0.0628. The van der Waals surface area contributed by atoms with E-state index < -0.39 is 0 Å². The minimum Gasteiger partial charge on any atom is -0.461 e. The highest BCUT2D eigenvalue weighted by atomic mass is 19.1. The summed E-state index contributed by atoms with van der Waals surface area (Å²) in [6.45, 7) is 7.95. The number of hydrogen-bond acceptors (Lipinski definition) is 4. The smallest absolute Gasteiger partial charge is 0.311 e. The maximum Gasteiger partial charge on any atom is 0.311 e.